The first-order chi connectivity index (χ1) is 8.97. The number of hydrogen-bond acceptors (Lipinski definition) is 4. The van der Waals surface area contributed by atoms with E-state index in [0.29, 0.717) is 4.91 Å². The molecule has 98 valence electrons. The van der Waals surface area contributed by atoms with Gasteiger partial charge >= 0.3 is 5.97 Å². The molecule has 1 saturated heterocycles. The second kappa shape index (κ2) is 5.85. The van der Waals surface area contributed by atoms with E-state index in [1.165, 1.54) is 0 Å². The summed E-state index contributed by atoms with van der Waals surface area (Å²) in [6.07, 6.45) is 1.70. The summed E-state index contributed by atoms with van der Waals surface area (Å²) in [5, 5.41) is 8.73. The molecule has 0 saturated carbocycles. The lowest BCUT2D eigenvalue weighted by Gasteiger charge is -2.10. The Morgan fingerprint density at radius 1 is 1.53 bits per heavy atom. The maximum Gasteiger partial charge on any atom is 0.323 e. The van der Waals surface area contributed by atoms with E-state index in [-0.39, 0.29) is 10.2 Å². The summed E-state index contributed by atoms with van der Waals surface area (Å²) in [7, 11) is 0. The van der Waals surface area contributed by atoms with Crippen LogP contribution in [0.3, 0.4) is 0 Å². The first-order valence-corrected chi connectivity index (χ1v) is 7.22. The zero-order valence-corrected chi connectivity index (χ0v) is 12.7. The number of carboxylic acids is 1. The van der Waals surface area contributed by atoms with Gasteiger partial charge in [0.2, 0.25) is 0 Å². The third kappa shape index (κ3) is 3.43. The van der Waals surface area contributed by atoms with Gasteiger partial charge in [0.15, 0.2) is 0 Å². The quantitative estimate of drug-likeness (QED) is 0.665. The Bertz CT molecular complexity index is 600. The van der Waals surface area contributed by atoms with Crippen molar-refractivity contribution in [3.63, 3.8) is 0 Å². The molecule has 1 heterocycles. The molecule has 0 atom stereocenters. The van der Waals surface area contributed by atoms with Gasteiger partial charge in [-0.2, -0.15) is 0 Å². The largest absolute Gasteiger partial charge is 0.480 e. The number of aliphatic carboxylic acids is 1. The first kappa shape index (κ1) is 14.2. The highest BCUT2D eigenvalue weighted by Crippen LogP contribution is 2.32. The van der Waals surface area contributed by atoms with Crippen molar-refractivity contribution in [2.45, 2.75) is 0 Å². The van der Waals surface area contributed by atoms with Crippen molar-refractivity contribution in [1.82, 2.24) is 4.90 Å². The lowest BCUT2D eigenvalue weighted by molar-refractivity contribution is -0.140. The number of benzene rings is 1. The van der Waals surface area contributed by atoms with Crippen LogP contribution in [0.25, 0.3) is 6.08 Å². The van der Waals surface area contributed by atoms with E-state index in [9.17, 15) is 9.59 Å². The molecule has 0 spiro atoms. The zero-order chi connectivity index (χ0) is 14.0. The second-order valence-corrected chi connectivity index (χ2v) is 6.31. The number of hydrogen-bond donors (Lipinski definition) is 1. The molecular weight excluding hydrogens is 350 g/mol. The summed E-state index contributed by atoms with van der Waals surface area (Å²) in [6.45, 7) is -0.402. The molecule has 1 aromatic rings. The van der Waals surface area contributed by atoms with Crippen molar-refractivity contribution in [3.8, 4) is 0 Å². The Labute approximate surface area is 127 Å². The minimum absolute atomic E-state index is 0.272. The smallest absolute Gasteiger partial charge is 0.323 e. The summed E-state index contributed by atoms with van der Waals surface area (Å²) in [6, 6.07) is 7.46. The van der Waals surface area contributed by atoms with Gasteiger partial charge in [-0.15, -0.1) is 0 Å². The van der Waals surface area contributed by atoms with Crippen LogP contribution in [0.4, 0.5) is 0 Å². The highest BCUT2D eigenvalue weighted by atomic mass is 79.9. The molecule has 0 aromatic heterocycles. The third-order valence-corrected chi connectivity index (χ3v) is 4.18. The Kier molecular flexibility index (Phi) is 4.38. The average Bonchev–Trinajstić information content (AvgIpc) is 2.57. The van der Waals surface area contributed by atoms with E-state index in [4.69, 9.17) is 17.3 Å². The Balaban J connectivity index is 2.25. The highest BCUT2D eigenvalue weighted by Gasteiger charge is 2.33. The summed E-state index contributed by atoms with van der Waals surface area (Å²) in [4.78, 5) is 24.2. The van der Waals surface area contributed by atoms with Crippen LogP contribution in [0, 0.1) is 0 Å². The monoisotopic (exact) mass is 357 g/mol. The lowest BCUT2D eigenvalue weighted by Crippen LogP contribution is -2.33. The summed E-state index contributed by atoms with van der Waals surface area (Å²) in [5.41, 5.74) is 0.852. The van der Waals surface area contributed by atoms with Gasteiger partial charge in [0.25, 0.3) is 5.91 Å². The fraction of sp³-hybridized carbons (Fsp3) is 0.0833. The SMILES string of the molecule is O=C(O)CN1C(=O)/C(=C/c2cccc(Br)c2)SC1=S. The predicted octanol–water partition coefficient (Wildman–Crippen LogP) is 2.73. The number of carbonyl (C=O) groups is 2. The zero-order valence-electron chi connectivity index (χ0n) is 9.50. The number of halogens is 1. The predicted molar refractivity (Wildman–Crippen MR) is 81.7 cm³/mol. The van der Waals surface area contributed by atoms with Crippen molar-refractivity contribution in [3.05, 3.63) is 39.2 Å². The van der Waals surface area contributed by atoms with Gasteiger partial charge in [-0.05, 0) is 23.8 Å². The van der Waals surface area contributed by atoms with Crippen molar-refractivity contribution < 1.29 is 14.7 Å². The van der Waals surface area contributed by atoms with E-state index in [2.05, 4.69) is 15.9 Å². The first-order valence-electron chi connectivity index (χ1n) is 5.20. The number of nitrogens with zero attached hydrogens (tertiary/aromatic N) is 1. The Hall–Kier alpha value is -1.18. The van der Waals surface area contributed by atoms with Crippen molar-refractivity contribution in [2.75, 3.05) is 6.54 Å². The third-order valence-electron chi connectivity index (χ3n) is 2.31. The van der Waals surface area contributed by atoms with Gasteiger partial charge in [0.05, 0.1) is 4.91 Å². The van der Waals surface area contributed by atoms with Gasteiger partial charge in [-0.1, -0.05) is 52.0 Å². The summed E-state index contributed by atoms with van der Waals surface area (Å²) >= 11 is 9.47. The molecule has 19 heavy (non-hydrogen) atoms. The Morgan fingerprint density at radius 3 is 2.89 bits per heavy atom. The second-order valence-electron chi connectivity index (χ2n) is 3.72. The Morgan fingerprint density at radius 2 is 2.26 bits per heavy atom. The van der Waals surface area contributed by atoms with E-state index in [1.807, 2.05) is 24.3 Å². The molecule has 1 aliphatic rings. The number of amides is 1. The van der Waals surface area contributed by atoms with Crippen molar-refractivity contribution in [2.24, 2.45) is 0 Å². The number of rotatable bonds is 3. The van der Waals surface area contributed by atoms with Crippen LogP contribution in [0.2, 0.25) is 0 Å². The minimum Gasteiger partial charge on any atom is -0.480 e. The summed E-state index contributed by atoms with van der Waals surface area (Å²) < 4.78 is 1.18. The molecule has 1 aliphatic heterocycles. The molecule has 2 rings (SSSR count). The molecule has 1 aromatic carbocycles. The van der Waals surface area contributed by atoms with E-state index < -0.39 is 12.5 Å². The van der Waals surface area contributed by atoms with Crippen LogP contribution < -0.4 is 0 Å². The van der Waals surface area contributed by atoms with Crippen molar-refractivity contribution >= 4 is 62.2 Å². The normalized spacial score (nSPS) is 17.3. The fourth-order valence-corrected chi connectivity index (χ4v) is 3.19. The maximum absolute atomic E-state index is 12.0. The molecule has 0 bridgehead atoms. The minimum atomic E-state index is -1.08. The molecule has 1 fully saturated rings. The van der Waals surface area contributed by atoms with E-state index >= 15 is 0 Å². The van der Waals surface area contributed by atoms with Gasteiger partial charge in [0, 0.05) is 4.47 Å². The van der Waals surface area contributed by atoms with Crippen LogP contribution in [-0.2, 0) is 9.59 Å². The van der Waals surface area contributed by atoms with Crippen LogP contribution in [0.15, 0.2) is 33.6 Å². The van der Waals surface area contributed by atoms with Crippen molar-refractivity contribution in [1.29, 1.82) is 0 Å². The molecule has 0 aliphatic carbocycles. The van der Waals surface area contributed by atoms with Crippen LogP contribution >= 0.6 is 39.9 Å². The highest BCUT2D eigenvalue weighted by molar-refractivity contribution is 9.10. The van der Waals surface area contributed by atoms with Crippen LogP contribution in [0.5, 0.6) is 0 Å². The molecule has 0 radical (unpaired) electrons. The molecular formula is C12H8BrNO3S2. The van der Waals surface area contributed by atoms with Gasteiger partial charge in [-0.25, -0.2) is 0 Å². The molecule has 1 amide bonds. The average molecular weight is 358 g/mol. The fourth-order valence-electron chi connectivity index (χ4n) is 1.52. The number of thiocarbonyl (C=S) groups is 1. The summed E-state index contributed by atoms with van der Waals surface area (Å²) in [5.74, 6) is -1.45. The van der Waals surface area contributed by atoms with E-state index in [1.54, 1.807) is 6.08 Å². The number of carboxylic acid groups (broad SMARTS) is 1. The maximum atomic E-state index is 12.0. The van der Waals surface area contributed by atoms with Gasteiger partial charge in [-0.3, -0.25) is 14.5 Å². The molecule has 0 unspecified atom stereocenters. The van der Waals surface area contributed by atoms with Crippen LogP contribution in [-0.4, -0.2) is 32.7 Å². The topological polar surface area (TPSA) is 57.6 Å². The van der Waals surface area contributed by atoms with Gasteiger partial charge in [0.1, 0.15) is 10.9 Å². The molecule has 7 heteroatoms. The standard InChI is InChI=1S/C12H8BrNO3S2/c13-8-3-1-2-7(4-8)5-9-11(17)14(6-10(15)16)12(18)19-9/h1-5H,6H2,(H,15,16)/b9-5-. The van der Waals surface area contributed by atoms with Crippen LogP contribution in [0.1, 0.15) is 5.56 Å². The molecule has 1 N–H and O–H groups in total. The van der Waals surface area contributed by atoms with E-state index in [0.717, 1.165) is 26.7 Å². The molecule has 4 nitrogen and oxygen atoms in total. The lowest BCUT2D eigenvalue weighted by atomic mass is 10.2. The van der Waals surface area contributed by atoms with Gasteiger partial charge < -0.3 is 5.11 Å². The number of carbonyl (C=O) groups excluding carboxylic acids is 1. The number of thioether (sulfide) groups is 1.